The van der Waals surface area contributed by atoms with Gasteiger partial charge in [-0.2, -0.15) is 4.98 Å². The molecule has 2 heterocycles. The Morgan fingerprint density at radius 2 is 1.84 bits per heavy atom. The Kier molecular flexibility index (Phi) is 4.47. The third kappa shape index (κ3) is 3.28. The van der Waals surface area contributed by atoms with E-state index >= 15 is 0 Å². The van der Waals surface area contributed by atoms with Crippen LogP contribution >= 0.6 is 0 Å². The van der Waals surface area contributed by atoms with E-state index in [0.29, 0.717) is 35.8 Å². The van der Waals surface area contributed by atoms with E-state index in [-0.39, 0.29) is 16.9 Å². The molecule has 32 heavy (non-hydrogen) atoms. The van der Waals surface area contributed by atoms with Crippen molar-refractivity contribution in [2.75, 3.05) is 5.32 Å². The zero-order valence-corrected chi connectivity index (χ0v) is 18.1. The highest BCUT2D eigenvalue weighted by molar-refractivity contribution is 6.00. The quantitative estimate of drug-likeness (QED) is 0.473. The van der Waals surface area contributed by atoms with Gasteiger partial charge < -0.3 is 5.32 Å². The minimum atomic E-state index is -0.710. The first-order chi connectivity index (χ1) is 15.2. The first kappa shape index (κ1) is 20.1. The highest BCUT2D eigenvalue weighted by Gasteiger charge is 2.43. The van der Waals surface area contributed by atoms with E-state index in [1.165, 1.54) is 6.07 Å². The van der Waals surface area contributed by atoms with Gasteiger partial charge in [-0.15, -0.1) is 5.10 Å². The summed E-state index contributed by atoms with van der Waals surface area (Å²) >= 11 is 0. The van der Waals surface area contributed by atoms with Crippen molar-refractivity contribution >= 4 is 17.4 Å². The number of carbonyl (C=O) groups is 1. The van der Waals surface area contributed by atoms with Gasteiger partial charge in [-0.3, -0.25) is 14.9 Å². The number of para-hydroxylation sites is 1. The highest BCUT2D eigenvalue weighted by Crippen LogP contribution is 2.47. The summed E-state index contributed by atoms with van der Waals surface area (Å²) in [5.74, 6) is 0.959. The van der Waals surface area contributed by atoms with Crippen LogP contribution in [0.1, 0.15) is 43.9 Å². The molecule has 1 atom stereocenters. The molecule has 0 spiro atoms. The number of aryl methyl sites for hydroxylation is 1. The second kappa shape index (κ2) is 7.12. The van der Waals surface area contributed by atoms with Crippen molar-refractivity contribution in [3.05, 3.63) is 81.0 Å². The molecule has 1 aromatic heterocycles. The normalized spacial score (nSPS) is 19.2. The summed E-state index contributed by atoms with van der Waals surface area (Å²) in [6.45, 7) is 6.10. The Balaban J connectivity index is 1.72. The lowest BCUT2D eigenvalue weighted by Gasteiger charge is -2.38. The number of allylic oxidation sites excluding steroid dienone is 2. The number of rotatable bonds is 3. The van der Waals surface area contributed by atoms with Crippen LogP contribution in [-0.4, -0.2) is 25.5 Å². The number of nitrogens with zero attached hydrogens (tertiary/aromatic N) is 4. The van der Waals surface area contributed by atoms with Crippen LogP contribution < -0.4 is 5.32 Å². The Hall–Kier alpha value is -3.81. The molecular formula is C24H23N5O3. The molecule has 5 rings (SSSR count). The van der Waals surface area contributed by atoms with Crippen molar-refractivity contribution in [3.63, 3.8) is 0 Å². The molecule has 3 aromatic rings. The average Bonchev–Trinajstić information content (AvgIpc) is 3.15. The molecule has 0 amide bonds. The van der Waals surface area contributed by atoms with Crippen LogP contribution in [0.3, 0.4) is 0 Å². The van der Waals surface area contributed by atoms with Crippen molar-refractivity contribution in [3.8, 4) is 11.4 Å². The molecule has 0 saturated heterocycles. The molecule has 8 nitrogen and oxygen atoms in total. The van der Waals surface area contributed by atoms with Gasteiger partial charge in [-0.25, -0.2) is 4.68 Å². The Morgan fingerprint density at radius 1 is 1.12 bits per heavy atom. The monoisotopic (exact) mass is 429 g/mol. The number of anilines is 1. The summed E-state index contributed by atoms with van der Waals surface area (Å²) < 4.78 is 1.62. The van der Waals surface area contributed by atoms with Crippen LogP contribution in [0, 0.1) is 22.5 Å². The largest absolute Gasteiger partial charge is 0.328 e. The van der Waals surface area contributed by atoms with Gasteiger partial charge in [0.15, 0.2) is 11.6 Å². The van der Waals surface area contributed by atoms with Gasteiger partial charge in [0, 0.05) is 29.3 Å². The van der Waals surface area contributed by atoms with Crippen LogP contribution in [0.25, 0.3) is 11.4 Å². The number of nitro groups is 1. The third-order valence-corrected chi connectivity index (χ3v) is 6.07. The van der Waals surface area contributed by atoms with Gasteiger partial charge in [0.05, 0.1) is 10.5 Å². The third-order valence-electron chi connectivity index (χ3n) is 6.07. The summed E-state index contributed by atoms with van der Waals surface area (Å²) in [6.07, 6.45) is 1.03. The van der Waals surface area contributed by atoms with Crippen LogP contribution in [0.2, 0.25) is 0 Å². The first-order valence-electron chi connectivity index (χ1n) is 10.5. The van der Waals surface area contributed by atoms with Gasteiger partial charge in [0.25, 0.3) is 5.69 Å². The van der Waals surface area contributed by atoms with E-state index in [9.17, 15) is 14.9 Å². The van der Waals surface area contributed by atoms with Gasteiger partial charge in [0.2, 0.25) is 5.95 Å². The van der Waals surface area contributed by atoms with E-state index in [0.717, 1.165) is 16.8 Å². The SMILES string of the molecule is Cc1ccc(-c2nc3n(n2)C(c2ccccc2[N+](=O)[O-])C2=C(CC(C)(C)CC2=O)N3)cc1. The van der Waals surface area contributed by atoms with E-state index in [1.807, 2.05) is 45.0 Å². The van der Waals surface area contributed by atoms with Crippen molar-refractivity contribution < 1.29 is 9.72 Å². The van der Waals surface area contributed by atoms with E-state index in [4.69, 9.17) is 10.1 Å². The zero-order valence-electron chi connectivity index (χ0n) is 18.1. The number of aromatic nitrogens is 3. The molecule has 1 unspecified atom stereocenters. The molecule has 1 aliphatic heterocycles. The number of ketones is 1. The zero-order chi connectivity index (χ0) is 22.6. The molecule has 0 bridgehead atoms. The lowest BCUT2D eigenvalue weighted by molar-refractivity contribution is -0.385. The summed E-state index contributed by atoms with van der Waals surface area (Å²) in [5, 5.41) is 19.8. The fraction of sp³-hybridized carbons (Fsp3) is 0.292. The van der Waals surface area contributed by atoms with Gasteiger partial charge >= 0.3 is 0 Å². The van der Waals surface area contributed by atoms with Gasteiger partial charge in [0.1, 0.15) is 6.04 Å². The van der Waals surface area contributed by atoms with Gasteiger partial charge in [-0.05, 0) is 24.8 Å². The number of benzene rings is 2. The fourth-order valence-corrected chi connectivity index (χ4v) is 4.61. The van der Waals surface area contributed by atoms with Crippen molar-refractivity contribution in [1.82, 2.24) is 14.8 Å². The maximum atomic E-state index is 13.3. The molecule has 162 valence electrons. The molecule has 2 aromatic carbocycles. The topological polar surface area (TPSA) is 103 Å². The minimum absolute atomic E-state index is 0.0232. The summed E-state index contributed by atoms with van der Waals surface area (Å²) in [6, 6.07) is 13.7. The maximum absolute atomic E-state index is 13.3. The fourth-order valence-electron chi connectivity index (χ4n) is 4.61. The number of nitro benzene ring substituents is 1. The molecule has 0 saturated carbocycles. The van der Waals surface area contributed by atoms with Crippen LogP contribution in [0.4, 0.5) is 11.6 Å². The number of hydrogen-bond acceptors (Lipinski definition) is 6. The minimum Gasteiger partial charge on any atom is -0.328 e. The van der Waals surface area contributed by atoms with Crippen molar-refractivity contribution in [2.45, 2.75) is 39.7 Å². The molecular weight excluding hydrogens is 406 g/mol. The Morgan fingerprint density at radius 3 is 2.56 bits per heavy atom. The van der Waals surface area contributed by atoms with Crippen LogP contribution in [0.5, 0.6) is 0 Å². The predicted octanol–water partition coefficient (Wildman–Crippen LogP) is 4.82. The summed E-state index contributed by atoms with van der Waals surface area (Å²) in [4.78, 5) is 29.4. The first-order valence-corrected chi connectivity index (χ1v) is 10.5. The Bertz CT molecular complexity index is 1290. The molecule has 1 aliphatic carbocycles. The molecule has 1 N–H and O–H groups in total. The second-order valence-corrected chi connectivity index (χ2v) is 9.25. The maximum Gasteiger partial charge on any atom is 0.275 e. The van der Waals surface area contributed by atoms with E-state index < -0.39 is 11.0 Å². The number of fused-ring (bicyclic) bond motifs is 1. The Labute approximate surface area is 185 Å². The van der Waals surface area contributed by atoms with Gasteiger partial charge in [-0.1, -0.05) is 55.8 Å². The molecule has 8 heteroatoms. The number of carbonyl (C=O) groups excluding carboxylic acids is 1. The lowest BCUT2D eigenvalue weighted by Crippen LogP contribution is -2.36. The van der Waals surface area contributed by atoms with E-state index in [2.05, 4.69) is 5.32 Å². The molecule has 2 aliphatic rings. The van der Waals surface area contributed by atoms with Crippen LogP contribution in [-0.2, 0) is 4.79 Å². The summed E-state index contributed by atoms with van der Waals surface area (Å²) in [5.41, 5.74) is 3.45. The van der Waals surface area contributed by atoms with E-state index in [1.54, 1.807) is 22.9 Å². The average molecular weight is 429 g/mol. The highest BCUT2D eigenvalue weighted by atomic mass is 16.6. The second-order valence-electron chi connectivity index (χ2n) is 9.25. The lowest BCUT2D eigenvalue weighted by atomic mass is 9.73. The number of Topliss-reactive ketones (excluding diaryl/α,β-unsaturated/α-hetero) is 1. The predicted molar refractivity (Wildman–Crippen MR) is 120 cm³/mol. The smallest absolute Gasteiger partial charge is 0.275 e. The summed E-state index contributed by atoms with van der Waals surface area (Å²) in [7, 11) is 0. The standard InChI is InChI=1S/C24H23N5O3/c1-14-8-10-15(11-9-14)22-26-23-25-17-12-24(2,3)13-19(30)20(17)21(28(23)27-22)16-6-4-5-7-18(16)29(31)32/h4-11,21H,12-13H2,1-3H3,(H,25,26,27). The molecule has 0 fully saturated rings. The molecule has 0 radical (unpaired) electrons. The number of nitrogens with one attached hydrogen (secondary N) is 1. The van der Waals surface area contributed by atoms with Crippen molar-refractivity contribution in [1.29, 1.82) is 0 Å². The van der Waals surface area contributed by atoms with Crippen LogP contribution in [0.15, 0.2) is 59.8 Å². The van der Waals surface area contributed by atoms with Crippen molar-refractivity contribution in [2.24, 2.45) is 5.41 Å². The number of hydrogen-bond donors (Lipinski definition) is 1.